The van der Waals surface area contributed by atoms with Gasteiger partial charge in [-0.25, -0.2) is 0 Å². The summed E-state index contributed by atoms with van der Waals surface area (Å²) in [7, 11) is -2.22. The van der Waals surface area contributed by atoms with Crippen LogP contribution in [0.3, 0.4) is 0 Å². The van der Waals surface area contributed by atoms with Crippen LogP contribution in [-0.4, -0.2) is 38.6 Å². The van der Waals surface area contributed by atoms with Gasteiger partial charge in [-0.2, -0.15) is 8.42 Å². The van der Waals surface area contributed by atoms with Crippen molar-refractivity contribution < 1.29 is 22.1 Å². The van der Waals surface area contributed by atoms with Crippen molar-refractivity contribution in [3.8, 4) is 11.5 Å². The van der Waals surface area contributed by atoms with E-state index in [-0.39, 0.29) is 23.6 Å². The van der Waals surface area contributed by atoms with Gasteiger partial charge in [-0.15, -0.1) is 0 Å². The van der Waals surface area contributed by atoms with Gasteiger partial charge in [-0.1, -0.05) is 19.9 Å². The van der Waals surface area contributed by atoms with Gasteiger partial charge in [0.2, 0.25) is 5.91 Å². The third-order valence-electron chi connectivity index (χ3n) is 3.22. The highest BCUT2D eigenvalue weighted by atomic mass is 32.2. The number of carbonyl (C=O) groups excluding carboxylic acids is 1. The molecule has 7 heteroatoms. The normalized spacial score (nSPS) is 11.7. The highest BCUT2D eigenvalue weighted by molar-refractivity contribution is 7.86. The number of carbonyl (C=O) groups is 1. The Kier molecular flexibility index (Phi) is 6.44. The van der Waals surface area contributed by atoms with Crippen LogP contribution in [-0.2, 0) is 21.5 Å². The number of ether oxygens (including phenoxy) is 1. The number of rotatable bonds is 7. The SMILES string of the molecule is COc1ccc(CN(C(=O)C(C)C)C(C)C)cc1OS(C)(=O)=O. The summed E-state index contributed by atoms with van der Waals surface area (Å²) in [4.78, 5) is 14.0. The van der Waals surface area contributed by atoms with E-state index in [0.29, 0.717) is 12.3 Å². The van der Waals surface area contributed by atoms with Crippen LogP contribution >= 0.6 is 0 Å². The van der Waals surface area contributed by atoms with Gasteiger partial charge < -0.3 is 13.8 Å². The van der Waals surface area contributed by atoms with Gasteiger partial charge in [0.25, 0.3) is 0 Å². The highest BCUT2D eigenvalue weighted by Gasteiger charge is 2.21. The van der Waals surface area contributed by atoms with Crippen molar-refractivity contribution in [2.24, 2.45) is 5.92 Å². The predicted molar refractivity (Wildman–Crippen MR) is 89.0 cm³/mol. The van der Waals surface area contributed by atoms with Crippen LogP contribution in [0.1, 0.15) is 33.3 Å². The molecule has 0 aliphatic carbocycles. The molecule has 0 atom stereocenters. The first-order valence-electron chi connectivity index (χ1n) is 7.42. The molecule has 0 aromatic heterocycles. The van der Waals surface area contributed by atoms with E-state index >= 15 is 0 Å². The van der Waals surface area contributed by atoms with E-state index < -0.39 is 10.1 Å². The van der Waals surface area contributed by atoms with E-state index in [9.17, 15) is 13.2 Å². The Morgan fingerprint density at radius 3 is 2.22 bits per heavy atom. The Morgan fingerprint density at radius 1 is 1.17 bits per heavy atom. The van der Waals surface area contributed by atoms with Gasteiger partial charge in [0.05, 0.1) is 13.4 Å². The second kappa shape index (κ2) is 7.68. The molecule has 0 aliphatic heterocycles. The van der Waals surface area contributed by atoms with Gasteiger partial charge in [0.1, 0.15) is 0 Å². The van der Waals surface area contributed by atoms with E-state index in [1.165, 1.54) is 7.11 Å². The summed E-state index contributed by atoms with van der Waals surface area (Å²) < 4.78 is 32.8. The molecule has 1 rings (SSSR count). The Balaban J connectivity index is 3.12. The number of hydrogen-bond acceptors (Lipinski definition) is 5. The molecule has 1 amide bonds. The first kappa shape index (κ1) is 19.3. The van der Waals surface area contributed by atoms with Crippen LogP contribution in [0.5, 0.6) is 11.5 Å². The van der Waals surface area contributed by atoms with Crippen LogP contribution in [0, 0.1) is 5.92 Å². The van der Waals surface area contributed by atoms with Gasteiger partial charge in [0, 0.05) is 18.5 Å². The molecular weight excluding hydrogens is 318 g/mol. The fraction of sp³-hybridized carbons (Fsp3) is 0.562. The number of methoxy groups -OCH3 is 1. The van der Waals surface area contributed by atoms with Gasteiger partial charge in [-0.05, 0) is 31.5 Å². The Bertz CT molecular complexity index is 652. The lowest BCUT2D eigenvalue weighted by atomic mass is 10.1. The molecule has 0 aliphatic rings. The lowest BCUT2D eigenvalue weighted by Crippen LogP contribution is -2.38. The molecule has 0 radical (unpaired) electrons. The van der Waals surface area contributed by atoms with Crippen LogP contribution in [0.4, 0.5) is 0 Å². The quantitative estimate of drug-likeness (QED) is 0.711. The number of amides is 1. The van der Waals surface area contributed by atoms with E-state index in [1.807, 2.05) is 27.7 Å². The van der Waals surface area contributed by atoms with Gasteiger partial charge >= 0.3 is 10.1 Å². The lowest BCUT2D eigenvalue weighted by Gasteiger charge is -2.28. The van der Waals surface area contributed by atoms with Crippen molar-refractivity contribution in [3.63, 3.8) is 0 Å². The maximum Gasteiger partial charge on any atom is 0.306 e. The van der Waals surface area contributed by atoms with Crippen LogP contribution in [0.25, 0.3) is 0 Å². The van der Waals surface area contributed by atoms with Crippen molar-refractivity contribution in [1.29, 1.82) is 0 Å². The third kappa shape index (κ3) is 5.74. The zero-order chi connectivity index (χ0) is 17.8. The molecule has 6 nitrogen and oxygen atoms in total. The third-order valence-corrected chi connectivity index (χ3v) is 3.70. The Hall–Kier alpha value is -1.76. The number of hydrogen-bond donors (Lipinski definition) is 0. The molecule has 130 valence electrons. The van der Waals surface area contributed by atoms with Crippen molar-refractivity contribution in [1.82, 2.24) is 4.90 Å². The van der Waals surface area contributed by atoms with Crippen LogP contribution < -0.4 is 8.92 Å². The fourth-order valence-electron chi connectivity index (χ4n) is 2.09. The van der Waals surface area contributed by atoms with Crippen molar-refractivity contribution in [2.45, 2.75) is 40.3 Å². The Labute approximate surface area is 138 Å². The molecule has 0 saturated carbocycles. The van der Waals surface area contributed by atoms with Gasteiger partial charge in [-0.3, -0.25) is 4.79 Å². The minimum absolute atomic E-state index is 0.0336. The predicted octanol–water partition coefficient (Wildman–Crippen LogP) is 2.43. The highest BCUT2D eigenvalue weighted by Crippen LogP contribution is 2.30. The molecule has 0 heterocycles. The monoisotopic (exact) mass is 343 g/mol. The average molecular weight is 343 g/mol. The minimum Gasteiger partial charge on any atom is -0.493 e. The van der Waals surface area contributed by atoms with Crippen LogP contribution in [0.15, 0.2) is 18.2 Å². The molecule has 1 aromatic carbocycles. The molecule has 0 spiro atoms. The second-order valence-electron chi connectivity index (χ2n) is 5.99. The average Bonchev–Trinajstić information content (AvgIpc) is 2.42. The van der Waals surface area contributed by atoms with E-state index in [2.05, 4.69) is 0 Å². The Morgan fingerprint density at radius 2 is 1.78 bits per heavy atom. The van der Waals surface area contributed by atoms with Crippen molar-refractivity contribution >= 4 is 16.0 Å². The first-order valence-corrected chi connectivity index (χ1v) is 9.23. The molecular formula is C16H25NO5S. The minimum atomic E-state index is -3.66. The largest absolute Gasteiger partial charge is 0.493 e. The summed E-state index contributed by atoms with van der Waals surface area (Å²) >= 11 is 0. The van der Waals surface area contributed by atoms with Crippen molar-refractivity contribution in [2.75, 3.05) is 13.4 Å². The number of benzene rings is 1. The maximum absolute atomic E-state index is 12.3. The zero-order valence-electron chi connectivity index (χ0n) is 14.5. The summed E-state index contributed by atoms with van der Waals surface area (Å²) in [5.41, 5.74) is 0.771. The molecule has 23 heavy (non-hydrogen) atoms. The first-order chi connectivity index (χ1) is 10.5. The summed E-state index contributed by atoms with van der Waals surface area (Å²) in [5, 5.41) is 0. The maximum atomic E-state index is 12.3. The topological polar surface area (TPSA) is 72.9 Å². The molecule has 0 N–H and O–H groups in total. The van der Waals surface area contributed by atoms with Gasteiger partial charge in [0.15, 0.2) is 11.5 Å². The molecule has 0 unspecified atom stereocenters. The zero-order valence-corrected chi connectivity index (χ0v) is 15.3. The molecule has 0 bridgehead atoms. The number of nitrogens with zero attached hydrogens (tertiary/aromatic N) is 1. The standard InChI is InChI=1S/C16H25NO5S/c1-11(2)16(18)17(12(3)4)10-13-7-8-14(21-5)15(9-13)22-23(6,19)20/h7-9,11-12H,10H2,1-6H3. The van der Waals surface area contributed by atoms with E-state index in [1.54, 1.807) is 23.1 Å². The summed E-state index contributed by atoms with van der Waals surface area (Å²) in [6, 6.07) is 5.04. The molecule has 0 fully saturated rings. The summed E-state index contributed by atoms with van der Waals surface area (Å²) in [6.07, 6.45) is 0.974. The summed E-state index contributed by atoms with van der Waals surface area (Å²) in [5.74, 6) is 0.377. The lowest BCUT2D eigenvalue weighted by molar-refractivity contribution is -0.136. The van der Waals surface area contributed by atoms with E-state index in [4.69, 9.17) is 8.92 Å². The smallest absolute Gasteiger partial charge is 0.306 e. The molecule has 0 saturated heterocycles. The summed E-state index contributed by atoms with van der Waals surface area (Å²) in [6.45, 7) is 7.96. The van der Waals surface area contributed by atoms with Crippen molar-refractivity contribution in [3.05, 3.63) is 23.8 Å². The second-order valence-corrected chi connectivity index (χ2v) is 7.56. The molecule has 1 aromatic rings. The fourth-order valence-corrected chi connectivity index (χ4v) is 2.55. The van der Waals surface area contributed by atoms with Crippen LogP contribution in [0.2, 0.25) is 0 Å². The van der Waals surface area contributed by atoms with E-state index in [0.717, 1.165) is 11.8 Å².